The lowest BCUT2D eigenvalue weighted by Gasteiger charge is -2.14. The van der Waals surface area contributed by atoms with Crippen LogP contribution in [0.3, 0.4) is 0 Å². The molecule has 0 aliphatic rings. The molecule has 0 saturated heterocycles. The molecule has 2 rings (SSSR count). The van der Waals surface area contributed by atoms with Crippen LogP contribution in [0.5, 0.6) is 0 Å². The quantitative estimate of drug-likeness (QED) is 0.866. The molecule has 0 saturated carbocycles. The number of halogens is 2. The Morgan fingerprint density at radius 1 is 1.17 bits per heavy atom. The van der Waals surface area contributed by atoms with Gasteiger partial charge in [-0.25, -0.2) is 4.39 Å². The molecule has 0 radical (unpaired) electrons. The summed E-state index contributed by atoms with van der Waals surface area (Å²) in [6.07, 6.45) is 0. The van der Waals surface area contributed by atoms with Gasteiger partial charge >= 0.3 is 0 Å². The van der Waals surface area contributed by atoms with Crippen molar-refractivity contribution in [1.29, 1.82) is 0 Å². The fraction of sp³-hybridized carbons (Fsp3) is 0.200. The summed E-state index contributed by atoms with van der Waals surface area (Å²) in [6.45, 7) is 2.70. The summed E-state index contributed by atoms with van der Waals surface area (Å²) in [4.78, 5) is 0. The highest BCUT2D eigenvalue weighted by Crippen LogP contribution is 2.17. The second-order valence-electron chi connectivity index (χ2n) is 4.26. The molecule has 0 heterocycles. The first kappa shape index (κ1) is 13.1. The molecule has 0 aliphatic heterocycles. The van der Waals surface area contributed by atoms with E-state index < -0.39 is 0 Å². The van der Waals surface area contributed by atoms with Crippen LogP contribution < -0.4 is 5.32 Å². The molecule has 3 heteroatoms. The number of hydrogen-bond donors (Lipinski definition) is 1. The highest BCUT2D eigenvalue weighted by Gasteiger charge is 2.05. The van der Waals surface area contributed by atoms with E-state index in [1.54, 1.807) is 6.07 Å². The molecule has 0 fully saturated rings. The highest BCUT2D eigenvalue weighted by atomic mass is 35.5. The van der Waals surface area contributed by atoms with Gasteiger partial charge in [0.25, 0.3) is 0 Å². The van der Waals surface area contributed by atoms with Crippen LogP contribution in [0.1, 0.15) is 24.1 Å². The molecular formula is C15H15ClFN. The third kappa shape index (κ3) is 3.31. The predicted molar refractivity (Wildman–Crippen MR) is 73.1 cm³/mol. The molecule has 0 bridgehead atoms. The Bertz CT molecular complexity index is 513. The monoisotopic (exact) mass is 263 g/mol. The van der Waals surface area contributed by atoms with Crippen molar-refractivity contribution in [3.8, 4) is 0 Å². The molecule has 2 aromatic carbocycles. The summed E-state index contributed by atoms with van der Waals surface area (Å²) in [7, 11) is 0. The van der Waals surface area contributed by atoms with Gasteiger partial charge in [0.2, 0.25) is 0 Å². The largest absolute Gasteiger partial charge is 0.306 e. The summed E-state index contributed by atoms with van der Waals surface area (Å²) in [5, 5.41) is 3.51. The third-order valence-corrected chi connectivity index (χ3v) is 3.20. The van der Waals surface area contributed by atoms with Crippen LogP contribution in [-0.4, -0.2) is 0 Å². The molecule has 1 atom stereocenters. The minimum Gasteiger partial charge on any atom is -0.306 e. The lowest BCUT2D eigenvalue weighted by molar-refractivity contribution is 0.569. The maximum atomic E-state index is 13.3. The van der Waals surface area contributed by atoms with Crippen LogP contribution in [0.2, 0.25) is 5.02 Å². The SMILES string of the molecule is C[C@@H](NCc1ccc(Cl)c(F)c1)c1ccccc1. The van der Waals surface area contributed by atoms with E-state index in [0.717, 1.165) is 5.56 Å². The molecule has 94 valence electrons. The molecule has 1 nitrogen and oxygen atoms in total. The van der Waals surface area contributed by atoms with E-state index in [1.807, 2.05) is 24.3 Å². The molecule has 0 aromatic heterocycles. The minimum atomic E-state index is -0.372. The van der Waals surface area contributed by atoms with Crippen molar-refractivity contribution in [1.82, 2.24) is 5.32 Å². The minimum absolute atomic E-state index is 0.162. The first-order valence-electron chi connectivity index (χ1n) is 5.89. The number of hydrogen-bond acceptors (Lipinski definition) is 1. The number of rotatable bonds is 4. The van der Waals surface area contributed by atoms with Crippen molar-refractivity contribution < 1.29 is 4.39 Å². The van der Waals surface area contributed by atoms with Gasteiger partial charge in [-0.15, -0.1) is 0 Å². The van der Waals surface area contributed by atoms with E-state index in [-0.39, 0.29) is 16.9 Å². The average Bonchev–Trinajstić information content (AvgIpc) is 2.41. The summed E-state index contributed by atoms with van der Waals surface area (Å²) >= 11 is 5.64. The van der Waals surface area contributed by atoms with Gasteiger partial charge in [-0.05, 0) is 30.2 Å². The Balaban J connectivity index is 1.97. The Kier molecular flexibility index (Phi) is 4.34. The van der Waals surface area contributed by atoms with E-state index in [2.05, 4.69) is 24.4 Å². The Morgan fingerprint density at radius 3 is 2.56 bits per heavy atom. The molecule has 1 N–H and O–H groups in total. The van der Waals surface area contributed by atoms with Crippen LogP contribution in [-0.2, 0) is 6.54 Å². The molecule has 2 aromatic rings. The van der Waals surface area contributed by atoms with Crippen molar-refractivity contribution >= 4 is 11.6 Å². The number of nitrogens with one attached hydrogen (secondary N) is 1. The third-order valence-electron chi connectivity index (χ3n) is 2.90. The molecular weight excluding hydrogens is 249 g/mol. The van der Waals surface area contributed by atoms with E-state index in [9.17, 15) is 4.39 Å². The van der Waals surface area contributed by atoms with Crippen LogP contribution >= 0.6 is 11.6 Å². The van der Waals surface area contributed by atoms with Crippen molar-refractivity contribution in [2.45, 2.75) is 19.5 Å². The second-order valence-corrected chi connectivity index (χ2v) is 4.67. The summed E-state index contributed by atoms with van der Waals surface area (Å²) in [5.74, 6) is -0.372. The van der Waals surface area contributed by atoms with Crippen LogP contribution in [0.4, 0.5) is 4.39 Å². The van der Waals surface area contributed by atoms with Gasteiger partial charge in [0.1, 0.15) is 5.82 Å². The van der Waals surface area contributed by atoms with Crippen molar-refractivity contribution in [3.63, 3.8) is 0 Å². The van der Waals surface area contributed by atoms with Crippen molar-refractivity contribution in [3.05, 3.63) is 70.5 Å². The second kappa shape index (κ2) is 5.98. The van der Waals surface area contributed by atoms with Crippen LogP contribution in [0.15, 0.2) is 48.5 Å². The smallest absolute Gasteiger partial charge is 0.142 e. The van der Waals surface area contributed by atoms with Gasteiger partial charge in [-0.1, -0.05) is 48.0 Å². The standard InChI is InChI=1S/C15H15ClFN/c1-11(13-5-3-2-4-6-13)18-10-12-7-8-14(16)15(17)9-12/h2-9,11,18H,10H2,1H3/t11-/m1/s1. The molecule has 0 spiro atoms. The topological polar surface area (TPSA) is 12.0 Å². The van der Waals surface area contributed by atoms with E-state index >= 15 is 0 Å². The fourth-order valence-electron chi connectivity index (χ4n) is 1.78. The summed E-state index contributed by atoms with van der Waals surface area (Å²) in [6, 6.07) is 15.3. The van der Waals surface area contributed by atoms with Crippen LogP contribution in [0.25, 0.3) is 0 Å². The zero-order valence-electron chi connectivity index (χ0n) is 10.2. The zero-order chi connectivity index (χ0) is 13.0. The molecule has 18 heavy (non-hydrogen) atoms. The Hall–Kier alpha value is -1.38. The Labute approximate surface area is 112 Å². The zero-order valence-corrected chi connectivity index (χ0v) is 10.9. The lowest BCUT2D eigenvalue weighted by atomic mass is 10.1. The maximum Gasteiger partial charge on any atom is 0.142 e. The van der Waals surface area contributed by atoms with Gasteiger partial charge in [-0.2, -0.15) is 0 Å². The van der Waals surface area contributed by atoms with Crippen molar-refractivity contribution in [2.75, 3.05) is 0 Å². The average molecular weight is 264 g/mol. The fourth-order valence-corrected chi connectivity index (χ4v) is 1.90. The van der Waals surface area contributed by atoms with E-state index in [4.69, 9.17) is 11.6 Å². The number of benzene rings is 2. The summed E-state index contributed by atoms with van der Waals surface area (Å²) < 4.78 is 13.3. The first-order chi connectivity index (χ1) is 8.66. The van der Waals surface area contributed by atoms with E-state index in [0.29, 0.717) is 6.54 Å². The lowest BCUT2D eigenvalue weighted by Crippen LogP contribution is -2.18. The highest BCUT2D eigenvalue weighted by molar-refractivity contribution is 6.30. The predicted octanol–water partition coefficient (Wildman–Crippen LogP) is 4.33. The van der Waals surface area contributed by atoms with Gasteiger partial charge < -0.3 is 5.32 Å². The van der Waals surface area contributed by atoms with E-state index in [1.165, 1.54) is 11.6 Å². The molecule has 0 unspecified atom stereocenters. The molecule has 0 amide bonds. The Morgan fingerprint density at radius 2 is 1.89 bits per heavy atom. The maximum absolute atomic E-state index is 13.3. The normalized spacial score (nSPS) is 12.4. The summed E-state index contributed by atoms with van der Waals surface area (Å²) in [5.41, 5.74) is 2.10. The van der Waals surface area contributed by atoms with Gasteiger partial charge in [0.05, 0.1) is 5.02 Å². The van der Waals surface area contributed by atoms with Gasteiger partial charge in [-0.3, -0.25) is 0 Å². The van der Waals surface area contributed by atoms with Gasteiger partial charge in [0.15, 0.2) is 0 Å². The van der Waals surface area contributed by atoms with Crippen LogP contribution in [0, 0.1) is 5.82 Å². The first-order valence-corrected chi connectivity index (χ1v) is 6.27. The van der Waals surface area contributed by atoms with Crippen molar-refractivity contribution in [2.24, 2.45) is 0 Å². The van der Waals surface area contributed by atoms with Gasteiger partial charge in [0, 0.05) is 12.6 Å². The molecule has 0 aliphatic carbocycles.